The van der Waals surface area contributed by atoms with E-state index in [0.717, 1.165) is 31.4 Å². The van der Waals surface area contributed by atoms with Crippen molar-refractivity contribution in [2.45, 2.75) is 32.1 Å². The van der Waals surface area contributed by atoms with Crippen molar-refractivity contribution < 1.29 is 9.72 Å². The fourth-order valence-corrected chi connectivity index (χ4v) is 2.90. The van der Waals surface area contributed by atoms with Gasteiger partial charge < -0.3 is 5.32 Å². The van der Waals surface area contributed by atoms with Gasteiger partial charge in [-0.2, -0.15) is 5.26 Å². The van der Waals surface area contributed by atoms with Crippen molar-refractivity contribution in [2.24, 2.45) is 5.41 Å². The first kappa shape index (κ1) is 14.3. The normalized spacial score (nSPS) is 18.7. The lowest BCUT2D eigenvalue weighted by Gasteiger charge is -2.24. The number of nitrogens with zero attached hydrogens (tertiary/aromatic N) is 2. The highest BCUT2D eigenvalue weighted by Crippen LogP contribution is 2.56. The van der Waals surface area contributed by atoms with Gasteiger partial charge in [0.25, 0.3) is 11.6 Å². The molecule has 1 N–H and O–H groups in total. The van der Waals surface area contributed by atoms with Crippen LogP contribution in [0.3, 0.4) is 0 Å². The summed E-state index contributed by atoms with van der Waals surface area (Å²) >= 11 is 0. The van der Waals surface area contributed by atoms with Crippen LogP contribution in [0.2, 0.25) is 0 Å². The molecule has 1 spiro atoms. The maximum atomic E-state index is 12.3. The van der Waals surface area contributed by atoms with Crippen molar-refractivity contribution in [1.29, 1.82) is 5.26 Å². The van der Waals surface area contributed by atoms with Gasteiger partial charge in [-0.25, -0.2) is 0 Å². The molecule has 1 fully saturated rings. The number of carbonyl (C=O) groups excluding carboxylic acids is 1. The Morgan fingerprint density at radius 2 is 1.95 bits per heavy atom. The SMILES string of the molecule is N#CC1=C(NC(=O)c2ccc([N+](=O)[O-])cc2)CC2(CC1)CC2. The monoisotopic (exact) mass is 297 g/mol. The molecule has 2 aliphatic rings. The van der Waals surface area contributed by atoms with Crippen LogP contribution in [-0.2, 0) is 0 Å². The number of hydrogen-bond acceptors (Lipinski definition) is 4. The molecule has 0 heterocycles. The van der Waals surface area contributed by atoms with E-state index >= 15 is 0 Å². The highest BCUT2D eigenvalue weighted by Gasteiger charge is 2.45. The number of benzene rings is 1. The zero-order valence-corrected chi connectivity index (χ0v) is 12.0. The molecule has 0 radical (unpaired) electrons. The van der Waals surface area contributed by atoms with E-state index in [1.807, 2.05) is 0 Å². The average Bonchev–Trinajstić information content (AvgIpc) is 3.26. The number of carbonyl (C=O) groups is 1. The molecule has 0 unspecified atom stereocenters. The number of nitro benzene ring substituents is 1. The van der Waals surface area contributed by atoms with Gasteiger partial charge in [0.05, 0.1) is 11.0 Å². The summed E-state index contributed by atoms with van der Waals surface area (Å²) in [4.78, 5) is 22.4. The van der Waals surface area contributed by atoms with Crippen molar-refractivity contribution in [3.05, 3.63) is 51.2 Å². The van der Waals surface area contributed by atoms with Gasteiger partial charge in [-0.3, -0.25) is 14.9 Å². The molecule has 1 saturated carbocycles. The van der Waals surface area contributed by atoms with Crippen LogP contribution in [-0.4, -0.2) is 10.8 Å². The van der Waals surface area contributed by atoms with Crippen LogP contribution >= 0.6 is 0 Å². The smallest absolute Gasteiger partial charge is 0.269 e. The Hall–Kier alpha value is -2.68. The Kier molecular flexibility index (Phi) is 3.41. The third-order valence-electron chi connectivity index (χ3n) is 4.52. The molecule has 6 nitrogen and oxygen atoms in total. The summed E-state index contributed by atoms with van der Waals surface area (Å²) in [6, 6.07) is 7.64. The van der Waals surface area contributed by atoms with Crippen LogP contribution < -0.4 is 5.32 Å². The second-order valence-corrected chi connectivity index (χ2v) is 6.00. The molecule has 0 atom stereocenters. The number of hydrogen-bond donors (Lipinski definition) is 1. The quantitative estimate of drug-likeness (QED) is 0.685. The molecule has 0 aromatic heterocycles. The predicted molar refractivity (Wildman–Crippen MR) is 78.7 cm³/mol. The maximum absolute atomic E-state index is 12.3. The Bertz CT molecular complexity index is 709. The first-order valence-corrected chi connectivity index (χ1v) is 7.21. The largest absolute Gasteiger partial charge is 0.325 e. The van der Waals surface area contributed by atoms with E-state index < -0.39 is 4.92 Å². The van der Waals surface area contributed by atoms with Crippen LogP contribution in [0.4, 0.5) is 5.69 Å². The summed E-state index contributed by atoms with van der Waals surface area (Å²) < 4.78 is 0. The number of nitro groups is 1. The van der Waals surface area contributed by atoms with Crippen molar-refractivity contribution >= 4 is 11.6 Å². The fraction of sp³-hybridized carbons (Fsp3) is 0.375. The Morgan fingerprint density at radius 3 is 2.50 bits per heavy atom. The molecule has 0 bridgehead atoms. The summed E-state index contributed by atoms with van der Waals surface area (Å²) in [5.74, 6) is -0.324. The third-order valence-corrected chi connectivity index (χ3v) is 4.52. The second kappa shape index (κ2) is 5.26. The molecule has 1 aromatic rings. The molecule has 0 aliphatic heterocycles. The van der Waals surface area contributed by atoms with Gasteiger partial charge in [0.15, 0.2) is 0 Å². The van der Waals surface area contributed by atoms with Crippen molar-refractivity contribution in [2.75, 3.05) is 0 Å². The Labute approximate surface area is 127 Å². The van der Waals surface area contributed by atoms with Crippen molar-refractivity contribution in [1.82, 2.24) is 5.32 Å². The van der Waals surface area contributed by atoms with Crippen LogP contribution in [0.1, 0.15) is 42.5 Å². The number of nitriles is 1. The topological polar surface area (TPSA) is 96.0 Å². The minimum Gasteiger partial charge on any atom is -0.325 e. The molecule has 112 valence electrons. The van der Waals surface area contributed by atoms with Crippen LogP contribution in [0, 0.1) is 26.9 Å². The second-order valence-electron chi connectivity index (χ2n) is 6.00. The summed E-state index contributed by atoms with van der Waals surface area (Å²) in [7, 11) is 0. The molecule has 2 aliphatic carbocycles. The highest BCUT2D eigenvalue weighted by atomic mass is 16.6. The van der Waals surface area contributed by atoms with E-state index in [1.165, 1.54) is 24.3 Å². The minimum absolute atomic E-state index is 0.0527. The van der Waals surface area contributed by atoms with Gasteiger partial charge >= 0.3 is 0 Å². The van der Waals surface area contributed by atoms with Crippen LogP contribution in [0.25, 0.3) is 0 Å². The van der Waals surface area contributed by atoms with Gasteiger partial charge in [-0.1, -0.05) is 0 Å². The zero-order valence-electron chi connectivity index (χ0n) is 12.0. The molecule has 3 rings (SSSR count). The summed E-state index contributed by atoms with van der Waals surface area (Å²) in [5, 5.41) is 22.6. The van der Waals surface area contributed by atoms with E-state index in [1.54, 1.807) is 0 Å². The van der Waals surface area contributed by atoms with Crippen molar-refractivity contribution in [3.63, 3.8) is 0 Å². The van der Waals surface area contributed by atoms with E-state index in [-0.39, 0.29) is 11.6 Å². The molecule has 1 amide bonds. The molecular weight excluding hydrogens is 282 g/mol. The lowest BCUT2D eigenvalue weighted by Crippen LogP contribution is -2.28. The first-order chi connectivity index (χ1) is 10.5. The lowest BCUT2D eigenvalue weighted by molar-refractivity contribution is -0.384. The number of allylic oxidation sites excluding steroid dienone is 2. The predicted octanol–water partition coefficient (Wildman–Crippen LogP) is 3.07. The average molecular weight is 297 g/mol. The number of amides is 1. The first-order valence-electron chi connectivity index (χ1n) is 7.21. The van der Waals surface area contributed by atoms with Gasteiger partial charge in [0.2, 0.25) is 0 Å². The van der Waals surface area contributed by atoms with Crippen LogP contribution in [0.15, 0.2) is 35.5 Å². The number of nitrogens with one attached hydrogen (secondary N) is 1. The Balaban J connectivity index is 1.76. The Morgan fingerprint density at radius 1 is 1.27 bits per heavy atom. The van der Waals surface area contributed by atoms with E-state index in [9.17, 15) is 20.2 Å². The molecular formula is C16H15N3O3. The molecule has 0 saturated heterocycles. The van der Waals surface area contributed by atoms with Gasteiger partial charge in [-0.15, -0.1) is 0 Å². The summed E-state index contributed by atoms with van der Waals surface area (Å²) in [5.41, 5.74) is 1.95. The summed E-state index contributed by atoms with van der Waals surface area (Å²) in [6.07, 6.45) is 4.79. The number of non-ortho nitro benzene ring substituents is 1. The lowest BCUT2D eigenvalue weighted by atomic mass is 9.85. The number of rotatable bonds is 3. The highest BCUT2D eigenvalue weighted by molar-refractivity contribution is 5.95. The van der Waals surface area contributed by atoms with Gasteiger partial charge in [0.1, 0.15) is 0 Å². The summed E-state index contributed by atoms with van der Waals surface area (Å²) in [6.45, 7) is 0. The molecule has 1 aromatic carbocycles. The van der Waals surface area contributed by atoms with E-state index in [0.29, 0.717) is 23.0 Å². The van der Waals surface area contributed by atoms with Crippen LogP contribution in [0.5, 0.6) is 0 Å². The maximum Gasteiger partial charge on any atom is 0.269 e. The van der Waals surface area contributed by atoms with E-state index in [2.05, 4.69) is 11.4 Å². The fourth-order valence-electron chi connectivity index (χ4n) is 2.90. The van der Waals surface area contributed by atoms with Crippen molar-refractivity contribution in [3.8, 4) is 6.07 Å². The third kappa shape index (κ3) is 2.70. The van der Waals surface area contributed by atoms with Gasteiger partial charge in [-0.05, 0) is 49.7 Å². The standard InChI is InChI=1S/C16H15N3O3/c17-10-12-5-6-16(7-8-16)9-14(12)18-15(20)11-1-3-13(4-2-11)19(21)22/h1-4H,5-9H2,(H,18,20). The molecule has 22 heavy (non-hydrogen) atoms. The minimum atomic E-state index is -0.504. The van der Waals surface area contributed by atoms with E-state index in [4.69, 9.17) is 0 Å². The molecule has 6 heteroatoms. The zero-order chi connectivity index (χ0) is 15.7. The van der Waals surface area contributed by atoms with Gasteiger partial charge in [0, 0.05) is 29.0 Å².